The van der Waals surface area contributed by atoms with Gasteiger partial charge in [0, 0.05) is 6.54 Å². The Hall–Kier alpha value is -0.290. The first-order chi connectivity index (χ1) is 5.38. The Labute approximate surface area is 68.8 Å². The third-order valence-electron chi connectivity index (χ3n) is 2.45. The van der Waals surface area contributed by atoms with Crippen LogP contribution in [-0.2, 0) is 0 Å². The van der Waals surface area contributed by atoms with Gasteiger partial charge in [0.05, 0.1) is 0 Å². The maximum atomic E-state index is 12.3. The molecule has 2 N–H and O–H groups in total. The van der Waals surface area contributed by atoms with Crippen LogP contribution in [0.15, 0.2) is 0 Å². The van der Waals surface area contributed by atoms with Crippen molar-refractivity contribution in [3.63, 3.8) is 0 Å². The van der Waals surface area contributed by atoms with E-state index in [1.165, 1.54) is 6.92 Å². The van der Waals surface area contributed by atoms with E-state index in [2.05, 4.69) is 5.32 Å². The maximum Gasteiger partial charge on any atom is 0.418 e. The van der Waals surface area contributed by atoms with Crippen molar-refractivity contribution in [2.24, 2.45) is 5.92 Å². The molecule has 0 aromatic rings. The fourth-order valence-corrected chi connectivity index (χ4v) is 1.39. The Morgan fingerprint density at radius 3 is 2.42 bits per heavy atom. The monoisotopic (exact) mass is 183 g/mol. The van der Waals surface area contributed by atoms with E-state index >= 15 is 0 Å². The van der Waals surface area contributed by atoms with Crippen LogP contribution >= 0.6 is 0 Å². The number of aliphatic hydroxyl groups is 1. The lowest BCUT2D eigenvalue weighted by Crippen LogP contribution is -2.60. The van der Waals surface area contributed by atoms with E-state index in [-0.39, 0.29) is 0 Å². The molecule has 1 fully saturated rings. The second kappa shape index (κ2) is 2.88. The molecule has 2 nitrogen and oxygen atoms in total. The Balaban J connectivity index is 2.79. The minimum atomic E-state index is -4.53. The molecule has 0 aromatic carbocycles. The van der Waals surface area contributed by atoms with Crippen molar-refractivity contribution in [1.82, 2.24) is 5.32 Å². The van der Waals surface area contributed by atoms with E-state index in [1.807, 2.05) is 0 Å². The molecule has 0 aromatic heterocycles. The summed E-state index contributed by atoms with van der Waals surface area (Å²) in [5.41, 5.74) is -2.54. The Morgan fingerprint density at radius 1 is 1.50 bits per heavy atom. The predicted molar refractivity (Wildman–Crippen MR) is 37.7 cm³/mol. The van der Waals surface area contributed by atoms with Gasteiger partial charge in [-0.3, -0.25) is 0 Å². The third kappa shape index (κ3) is 1.43. The van der Waals surface area contributed by atoms with Crippen LogP contribution in [0, 0.1) is 5.92 Å². The van der Waals surface area contributed by atoms with Crippen molar-refractivity contribution in [1.29, 1.82) is 0 Å². The third-order valence-corrected chi connectivity index (χ3v) is 2.45. The quantitative estimate of drug-likeness (QED) is 0.585. The highest BCUT2D eigenvalue weighted by atomic mass is 19.4. The molecule has 1 saturated heterocycles. The van der Waals surface area contributed by atoms with E-state index in [9.17, 15) is 18.3 Å². The van der Waals surface area contributed by atoms with Gasteiger partial charge in [0.15, 0.2) is 5.60 Å². The molecule has 1 aliphatic heterocycles. The molecule has 0 saturated carbocycles. The first-order valence-corrected chi connectivity index (χ1v) is 3.88. The van der Waals surface area contributed by atoms with Gasteiger partial charge < -0.3 is 10.4 Å². The lowest BCUT2D eigenvalue weighted by atomic mass is 9.83. The number of halogens is 3. The maximum absolute atomic E-state index is 12.3. The van der Waals surface area contributed by atoms with E-state index in [0.29, 0.717) is 13.0 Å². The van der Waals surface area contributed by atoms with Gasteiger partial charge >= 0.3 is 6.18 Å². The molecule has 2 unspecified atom stereocenters. The molecule has 0 radical (unpaired) electrons. The van der Waals surface area contributed by atoms with Gasteiger partial charge in [-0.15, -0.1) is 0 Å². The van der Waals surface area contributed by atoms with E-state index in [1.54, 1.807) is 0 Å². The molecule has 0 amide bonds. The number of nitrogens with one attached hydrogen (secondary N) is 1. The molecule has 0 spiro atoms. The molecule has 72 valence electrons. The van der Waals surface area contributed by atoms with Gasteiger partial charge in [0.1, 0.15) is 0 Å². The molecular weight excluding hydrogens is 171 g/mol. The van der Waals surface area contributed by atoms with Crippen LogP contribution in [0.5, 0.6) is 0 Å². The molecule has 0 aliphatic carbocycles. The van der Waals surface area contributed by atoms with E-state index in [0.717, 1.165) is 0 Å². The second-order valence-electron chi connectivity index (χ2n) is 3.29. The van der Waals surface area contributed by atoms with Gasteiger partial charge in [0.2, 0.25) is 0 Å². The number of alkyl halides is 3. The van der Waals surface area contributed by atoms with Gasteiger partial charge in [-0.2, -0.15) is 13.2 Å². The first kappa shape index (κ1) is 9.80. The van der Waals surface area contributed by atoms with Crippen molar-refractivity contribution in [3.8, 4) is 0 Å². The number of β-amino-alcohol motifs (C(OH)–C–C–N with tert-alkyl or cyclic N) is 1. The zero-order valence-corrected chi connectivity index (χ0v) is 6.78. The molecule has 1 rings (SSSR count). The summed E-state index contributed by atoms with van der Waals surface area (Å²) in [5, 5.41) is 11.8. The first-order valence-electron chi connectivity index (χ1n) is 3.88. The van der Waals surface area contributed by atoms with Crippen LogP contribution in [0.4, 0.5) is 13.2 Å². The molecule has 2 atom stereocenters. The van der Waals surface area contributed by atoms with Crippen LogP contribution in [0.1, 0.15) is 13.3 Å². The Kier molecular flexibility index (Phi) is 2.35. The number of hydrogen-bond acceptors (Lipinski definition) is 2. The van der Waals surface area contributed by atoms with Gasteiger partial charge in [-0.05, 0) is 18.9 Å². The standard InChI is InChI=1S/C7H12F3NO/c1-5-2-3-11-4-6(5,12)7(8,9)10/h5,11-12H,2-4H2,1H3. The summed E-state index contributed by atoms with van der Waals surface area (Å²) in [6, 6.07) is 0. The smallest absolute Gasteiger partial charge is 0.379 e. The Morgan fingerprint density at radius 2 is 2.08 bits per heavy atom. The largest absolute Gasteiger partial charge is 0.418 e. The highest BCUT2D eigenvalue weighted by Gasteiger charge is 2.57. The highest BCUT2D eigenvalue weighted by molar-refractivity contribution is 4.96. The summed E-state index contributed by atoms with van der Waals surface area (Å²) in [5.74, 6) is -0.723. The van der Waals surface area contributed by atoms with Crippen molar-refractivity contribution in [2.45, 2.75) is 25.1 Å². The Bertz CT molecular complexity index is 171. The van der Waals surface area contributed by atoms with Crippen LogP contribution in [0.3, 0.4) is 0 Å². The normalized spacial score (nSPS) is 38.2. The highest BCUT2D eigenvalue weighted by Crippen LogP contribution is 2.38. The van der Waals surface area contributed by atoms with Gasteiger partial charge in [0.25, 0.3) is 0 Å². The van der Waals surface area contributed by atoms with E-state index in [4.69, 9.17) is 0 Å². The molecule has 1 aliphatic rings. The topological polar surface area (TPSA) is 32.3 Å². The summed E-state index contributed by atoms with van der Waals surface area (Å²) >= 11 is 0. The predicted octanol–water partition coefficient (Wildman–Crippen LogP) is 0.909. The number of hydrogen-bond donors (Lipinski definition) is 2. The lowest BCUT2D eigenvalue weighted by molar-refractivity contribution is -0.280. The number of rotatable bonds is 0. The molecule has 5 heteroatoms. The molecule has 0 bridgehead atoms. The summed E-state index contributed by atoms with van der Waals surface area (Å²) < 4.78 is 36.9. The van der Waals surface area contributed by atoms with E-state index < -0.39 is 24.2 Å². The van der Waals surface area contributed by atoms with Gasteiger partial charge in [-0.1, -0.05) is 6.92 Å². The van der Waals surface area contributed by atoms with Crippen molar-refractivity contribution in [2.75, 3.05) is 13.1 Å². The molecule has 12 heavy (non-hydrogen) atoms. The molecular formula is C7H12F3NO. The summed E-state index contributed by atoms with van der Waals surface area (Å²) in [6.07, 6.45) is -4.17. The average Bonchev–Trinajstić information content (AvgIpc) is 1.93. The second-order valence-corrected chi connectivity index (χ2v) is 3.29. The van der Waals surface area contributed by atoms with Crippen LogP contribution < -0.4 is 5.32 Å². The van der Waals surface area contributed by atoms with Crippen molar-refractivity contribution in [3.05, 3.63) is 0 Å². The molecule has 1 heterocycles. The lowest BCUT2D eigenvalue weighted by Gasteiger charge is -2.39. The summed E-state index contributed by atoms with van der Waals surface area (Å²) in [6.45, 7) is 1.57. The van der Waals surface area contributed by atoms with Crippen LogP contribution in [0.25, 0.3) is 0 Å². The van der Waals surface area contributed by atoms with Crippen LogP contribution in [0.2, 0.25) is 0 Å². The average molecular weight is 183 g/mol. The zero-order chi connectivity index (χ0) is 9.41. The van der Waals surface area contributed by atoms with Gasteiger partial charge in [-0.25, -0.2) is 0 Å². The zero-order valence-electron chi connectivity index (χ0n) is 6.78. The summed E-state index contributed by atoms with van der Waals surface area (Å²) in [7, 11) is 0. The SMILES string of the molecule is CC1CCNCC1(O)C(F)(F)F. The van der Waals surface area contributed by atoms with Crippen LogP contribution in [-0.4, -0.2) is 30.0 Å². The minimum Gasteiger partial charge on any atom is -0.379 e. The number of piperidine rings is 1. The fraction of sp³-hybridized carbons (Fsp3) is 1.00. The summed E-state index contributed by atoms with van der Waals surface area (Å²) in [4.78, 5) is 0. The fourth-order valence-electron chi connectivity index (χ4n) is 1.39. The van der Waals surface area contributed by atoms with Crippen molar-refractivity contribution < 1.29 is 18.3 Å². The minimum absolute atomic E-state index is 0.357. The van der Waals surface area contributed by atoms with Crippen molar-refractivity contribution >= 4 is 0 Å².